The highest BCUT2D eigenvalue weighted by Crippen LogP contribution is 2.27. The maximum atomic E-state index is 4.43. The van der Waals surface area contributed by atoms with E-state index in [1.807, 2.05) is 0 Å². The quantitative estimate of drug-likeness (QED) is 0.814. The van der Waals surface area contributed by atoms with Gasteiger partial charge in [-0.05, 0) is 32.5 Å². The first kappa shape index (κ1) is 11.2. The minimum Gasteiger partial charge on any atom is -0.312 e. The molecule has 5 heteroatoms. The Morgan fingerprint density at radius 1 is 1.24 bits per heavy atom. The Labute approximate surface area is 102 Å². The van der Waals surface area contributed by atoms with E-state index in [0.29, 0.717) is 5.92 Å². The van der Waals surface area contributed by atoms with Crippen LogP contribution >= 0.6 is 0 Å². The summed E-state index contributed by atoms with van der Waals surface area (Å²) in [5.74, 6) is 2.97. The number of likely N-dealkylation sites (tertiary alicyclic amines) is 1. The second-order valence-corrected chi connectivity index (χ2v) is 5.01. The molecule has 0 bridgehead atoms. The predicted octanol–water partition coefficient (Wildman–Crippen LogP) is 0.581. The van der Waals surface area contributed by atoms with E-state index < -0.39 is 0 Å². The fraction of sp³-hybridized carbons (Fsp3) is 0.833. The van der Waals surface area contributed by atoms with Crippen LogP contribution < -0.4 is 5.32 Å². The van der Waals surface area contributed by atoms with Gasteiger partial charge in [0.15, 0.2) is 0 Å². The van der Waals surface area contributed by atoms with Crippen molar-refractivity contribution in [3.05, 3.63) is 11.6 Å². The van der Waals surface area contributed by atoms with Gasteiger partial charge in [-0.2, -0.15) is 0 Å². The number of rotatable bonds is 2. The fourth-order valence-corrected chi connectivity index (χ4v) is 2.92. The van der Waals surface area contributed by atoms with Crippen molar-refractivity contribution < 1.29 is 0 Å². The molecular formula is C12H21N5. The average Bonchev–Trinajstić information content (AvgIpc) is 2.83. The van der Waals surface area contributed by atoms with Gasteiger partial charge < -0.3 is 14.8 Å². The number of hydrogen-bond donors (Lipinski definition) is 1. The zero-order valence-corrected chi connectivity index (χ0v) is 10.5. The standard InChI is InChI=1S/C12H21N5/c1-2-16-6-3-10(4-7-16)12-15-14-11-9-13-5-8-17(11)12/h10,13H,2-9H2,1H3. The van der Waals surface area contributed by atoms with Crippen molar-refractivity contribution in [3.63, 3.8) is 0 Å². The largest absolute Gasteiger partial charge is 0.312 e. The van der Waals surface area contributed by atoms with Gasteiger partial charge in [0.2, 0.25) is 0 Å². The highest BCUT2D eigenvalue weighted by molar-refractivity contribution is 5.05. The van der Waals surface area contributed by atoms with Gasteiger partial charge in [0.25, 0.3) is 0 Å². The molecule has 0 spiro atoms. The first-order valence-corrected chi connectivity index (χ1v) is 6.73. The first-order valence-electron chi connectivity index (χ1n) is 6.73. The minimum atomic E-state index is 0.622. The van der Waals surface area contributed by atoms with Crippen LogP contribution in [0.2, 0.25) is 0 Å². The number of hydrogen-bond acceptors (Lipinski definition) is 4. The molecule has 0 unspecified atom stereocenters. The second-order valence-electron chi connectivity index (χ2n) is 5.01. The summed E-state index contributed by atoms with van der Waals surface area (Å²) in [6, 6.07) is 0. The summed E-state index contributed by atoms with van der Waals surface area (Å²) in [7, 11) is 0. The lowest BCUT2D eigenvalue weighted by Gasteiger charge is -2.31. The van der Waals surface area contributed by atoms with Gasteiger partial charge in [0, 0.05) is 19.0 Å². The van der Waals surface area contributed by atoms with Crippen molar-refractivity contribution in [1.29, 1.82) is 0 Å². The van der Waals surface area contributed by atoms with Crippen molar-refractivity contribution in [2.24, 2.45) is 0 Å². The monoisotopic (exact) mass is 235 g/mol. The fourth-order valence-electron chi connectivity index (χ4n) is 2.92. The van der Waals surface area contributed by atoms with Gasteiger partial charge in [-0.25, -0.2) is 0 Å². The number of piperidine rings is 1. The van der Waals surface area contributed by atoms with Crippen LogP contribution in [0.1, 0.15) is 37.3 Å². The van der Waals surface area contributed by atoms with Crippen LogP contribution in [0.3, 0.4) is 0 Å². The molecule has 0 aromatic carbocycles. The van der Waals surface area contributed by atoms with Crippen molar-refractivity contribution in [3.8, 4) is 0 Å². The van der Waals surface area contributed by atoms with Gasteiger partial charge in [0.1, 0.15) is 11.6 Å². The van der Waals surface area contributed by atoms with Gasteiger partial charge in [0.05, 0.1) is 6.54 Å². The number of nitrogens with one attached hydrogen (secondary N) is 1. The van der Waals surface area contributed by atoms with E-state index >= 15 is 0 Å². The van der Waals surface area contributed by atoms with Crippen molar-refractivity contribution >= 4 is 0 Å². The summed E-state index contributed by atoms with van der Waals surface area (Å²) in [6.45, 7) is 8.79. The van der Waals surface area contributed by atoms with Crippen LogP contribution in [0.15, 0.2) is 0 Å². The zero-order valence-electron chi connectivity index (χ0n) is 10.5. The molecule has 0 aliphatic carbocycles. The molecule has 94 valence electrons. The maximum absolute atomic E-state index is 4.43. The lowest BCUT2D eigenvalue weighted by molar-refractivity contribution is 0.216. The third-order valence-corrected chi connectivity index (χ3v) is 4.05. The lowest BCUT2D eigenvalue weighted by Crippen LogP contribution is -2.34. The molecule has 3 heterocycles. The molecule has 1 N–H and O–H groups in total. The molecule has 0 saturated carbocycles. The van der Waals surface area contributed by atoms with E-state index in [4.69, 9.17) is 0 Å². The second kappa shape index (κ2) is 4.74. The van der Waals surface area contributed by atoms with Crippen LogP contribution in [-0.4, -0.2) is 45.8 Å². The van der Waals surface area contributed by atoms with Gasteiger partial charge in [-0.1, -0.05) is 6.92 Å². The summed E-state index contributed by atoms with van der Waals surface area (Å²) in [5, 5.41) is 12.1. The number of nitrogens with zero attached hydrogens (tertiary/aromatic N) is 4. The topological polar surface area (TPSA) is 46.0 Å². The normalized spacial score (nSPS) is 22.6. The van der Waals surface area contributed by atoms with E-state index in [9.17, 15) is 0 Å². The van der Waals surface area contributed by atoms with Crippen LogP contribution in [0.4, 0.5) is 0 Å². The van der Waals surface area contributed by atoms with Crippen LogP contribution in [0.5, 0.6) is 0 Å². The lowest BCUT2D eigenvalue weighted by atomic mass is 9.96. The third-order valence-electron chi connectivity index (χ3n) is 4.05. The molecule has 5 nitrogen and oxygen atoms in total. The first-order chi connectivity index (χ1) is 8.38. The highest BCUT2D eigenvalue weighted by Gasteiger charge is 2.26. The van der Waals surface area contributed by atoms with E-state index in [-0.39, 0.29) is 0 Å². The van der Waals surface area contributed by atoms with E-state index in [1.54, 1.807) is 0 Å². The van der Waals surface area contributed by atoms with Crippen LogP contribution in [0.25, 0.3) is 0 Å². The maximum Gasteiger partial charge on any atom is 0.147 e. The molecule has 0 atom stereocenters. The van der Waals surface area contributed by atoms with Gasteiger partial charge >= 0.3 is 0 Å². The van der Waals surface area contributed by atoms with E-state index in [2.05, 4.69) is 31.9 Å². The predicted molar refractivity (Wildman–Crippen MR) is 65.8 cm³/mol. The van der Waals surface area contributed by atoms with Gasteiger partial charge in [-0.15, -0.1) is 10.2 Å². The molecular weight excluding hydrogens is 214 g/mol. The molecule has 2 aliphatic heterocycles. The molecule has 1 fully saturated rings. The molecule has 17 heavy (non-hydrogen) atoms. The zero-order chi connectivity index (χ0) is 11.7. The van der Waals surface area contributed by atoms with Crippen molar-refractivity contribution in [2.75, 3.05) is 26.2 Å². The molecule has 1 saturated heterocycles. The smallest absolute Gasteiger partial charge is 0.147 e. The molecule has 0 amide bonds. The van der Waals surface area contributed by atoms with E-state index in [1.165, 1.54) is 38.3 Å². The Bertz CT molecular complexity index is 378. The molecule has 0 radical (unpaired) electrons. The molecule has 3 rings (SSSR count). The summed E-state index contributed by atoms with van der Waals surface area (Å²) in [5.41, 5.74) is 0. The Morgan fingerprint density at radius 3 is 2.82 bits per heavy atom. The Hall–Kier alpha value is -0.940. The Morgan fingerprint density at radius 2 is 2.06 bits per heavy atom. The molecule has 2 aliphatic rings. The summed E-state index contributed by atoms with van der Waals surface area (Å²) in [6.07, 6.45) is 2.47. The summed E-state index contributed by atoms with van der Waals surface area (Å²) in [4.78, 5) is 2.52. The van der Waals surface area contributed by atoms with E-state index in [0.717, 1.165) is 25.5 Å². The van der Waals surface area contributed by atoms with Crippen LogP contribution in [0, 0.1) is 0 Å². The number of fused-ring (bicyclic) bond motifs is 1. The SMILES string of the molecule is CCN1CCC(c2nnc3n2CCNC3)CC1. The van der Waals surface area contributed by atoms with Crippen LogP contribution in [-0.2, 0) is 13.1 Å². The minimum absolute atomic E-state index is 0.622. The van der Waals surface area contributed by atoms with Crippen molar-refractivity contribution in [2.45, 2.75) is 38.8 Å². The average molecular weight is 235 g/mol. The molecule has 1 aromatic heterocycles. The Kier molecular flexibility index (Phi) is 3.11. The number of aromatic nitrogens is 3. The summed E-state index contributed by atoms with van der Waals surface area (Å²) < 4.78 is 2.34. The third kappa shape index (κ3) is 2.09. The van der Waals surface area contributed by atoms with Gasteiger partial charge in [-0.3, -0.25) is 0 Å². The summed E-state index contributed by atoms with van der Waals surface area (Å²) >= 11 is 0. The Balaban J connectivity index is 1.74. The molecule has 1 aromatic rings. The highest BCUT2D eigenvalue weighted by atomic mass is 15.3. The van der Waals surface area contributed by atoms with Crippen molar-refractivity contribution in [1.82, 2.24) is 25.0 Å².